The van der Waals surface area contributed by atoms with E-state index in [4.69, 9.17) is 17.3 Å². The Labute approximate surface area is 110 Å². The summed E-state index contributed by atoms with van der Waals surface area (Å²) in [6.45, 7) is 0. The number of nitrogen functional groups attached to an aromatic ring is 1. The van der Waals surface area contributed by atoms with Gasteiger partial charge in [0.15, 0.2) is 0 Å². The van der Waals surface area contributed by atoms with Gasteiger partial charge in [0.25, 0.3) is 0 Å². The van der Waals surface area contributed by atoms with Crippen molar-refractivity contribution < 1.29 is 0 Å². The molecule has 1 aromatic heterocycles. The highest BCUT2D eigenvalue weighted by molar-refractivity contribution is 6.33. The number of para-hydroxylation sites is 1. The fourth-order valence-corrected chi connectivity index (χ4v) is 2.09. The summed E-state index contributed by atoms with van der Waals surface area (Å²) in [6, 6.07) is 17.6. The van der Waals surface area contributed by atoms with E-state index in [1.165, 1.54) is 0 Å². The van der Waals surface area contributed by atoms with Crippen molar-refractivity contribution in [1.82, 2.24) is 4.98 Å². The molecular formula is C15H11ClN2. The molecule has 0 aliphatic heterocycles. The molecule has 0 aliphatic carbocycles. The zero-order valence-electron chi connectivity index (χ0n) is 9.60. The lowest BCUT2D eigenvalue weighted by molar-refractivity contribution is 1.40. The smallest absolute Gasteiger partial charge is 0.0710 e. The first kappa shape index (κ1) is 11.1. The quantitative estimate of drug-likeness (QED) is 0.663. The number of nitrogens with two attached hydrogens (primary N) is 1. The van der Waals surface area contributed by atoms with Crippen LogP contribution < -0.4 is 5.73 Å². The number of hydrogen-bond acceptors (Lipinski definition) is 2. The molecule has 0 amide bonds. The summed E-state index contributed by atoms with van der Waals surface area (Å²) in [5.41, 5.74) is 9.14. The van der Waals surface area contributed by atoms with Crippen molar-refractivity contribution in [2.75, 3.05) is 5.73 Å². The molecule has 1 heterocycles. The second-order valence-corrected chi connectivity index (χ2v) is 4.53. The maximum absolute atomic E-state index is 6.03. The summed E-state index contributed by atoms with van der Waals surface area (Å²) < 4.78 is 0. The molecule has 0 atom stereocenters. The average molecular weight is 255 g/mol. The summed E-state index contributed by atoms with van der Waals surface area (Å²) in [7, 11) is 0. The van der Waals surface area contributed by atoms with Crippen molar-refractivity contribution in [2.45, 2.75) is 0 Å². The molecule has 3 heteroatoms. The summed E-state index contributed by atoms with van der Waals surface area (Å²) in [5, 5.41) is 1.69. The fourth-order valence-electron chi connectivity index (χ4n) is 1.91. The molecule has 0 unspecified atom stereocenters. The first-order chi connectivity index (χ1) is 8.74. The van der Waals surface area contributed by atoms with Gasteiger partial charge in [-0.15, -0.1) is 0 Å². The van der Waals surface area contributed by atoms with Gasteiger partial charge in [0.2, 0.25) is 0 Å². The Morgan fingerprint density at radius 1 is 0.944 bits per heavy atom. The van der Waals surface area contributed by atoms with Gasteiger partial charge in [-0.3, -0.25) is 0 Å². The molecule has 3 rings (SSSR count). The van der Waals surface area contributed by atoms with E-state index < -0.39 is 0 Å². The number of pyridine rings is 1. The van der Waals surface area contributed by atoms with Crippen molar-refractivity contribution in [3.8, 4) is 11.3 Å². The normalized spacial score (nSPS) is 10.7. The summed E-state index contributed by atoms with van der Waals surface area (Å²) in [5.74, 6) is 0. The SMILES string of the molecule is Nc1ccc(-c2ccc3ccccc3n2)cc1Cl. The third kappa shape index (κ3) is 1.91. The predicted octanol–water partition coefficient (Wildman–Crippen LogP) is 4.14. The topological polar surface area (TPSA) is 38.9 Å². The van der Waals surface area contributed by atoms with Crippen LogP contribution in [0.4, 0.5) is 5.69 Å². The molecule has 0 fully saturated rings. The number of anilines is 1. The summed E-state index contributed by atoms with van der Waals surface area (Å²) in [4.78, 5) is 4.62. The first-order valence-electron chi connectivity index (χ1n) is 5.65. The van der Waals surface area contributed by atoms with Gasteiger partial charge in [-0.1, -0.05) is 41.9 Å². The van der Waals surface area contributed by atoms with E-state index in [0.29, 0.717) is 10.7 Å². The van der Waals surface area contributed by atoms with E-state index in [2.05, 4.69) is 11.1 Å². The Balaban J connectivity index is 2.16. The average Bonchev–Trinajstić information content (AvgIpc) is 2.41. The van der Waals surface area contributed by atoms with E-state index >= 15 is 0 Å². The maximum Gasteiger partial charge on any atom is 0.0710 e. The Kier molecular flexibility index (Phi) is 2.65. The van der Waals surface area contributed by atoms with Crippen LogP contribution in [0.3, 0.4) is 0 Å². The minimum absolute atomic E-state index is 0.558. The molecule has 0 saturated heterocycles. The van der Waals surface area contributed by atoms with Crippen LogP contribution in [-0.2, 0) is 0 Å². The van der Waals surface area contributed by atoms with Crippen LogP contribution in [0.2, 0.25) is 5.02 Å². The molecule has 0 bridgehead atoms. The second kappa shape index (κ2) is 4.31. The van der Waals surface area contributed by atoms with Crippen LogP contribution in [0, 0.1) is 0 Å². The van der Waals surface area contributed by atoms with Crippen LogP contribution in [0.15, 0.2) is 54.6 Å². The fraction of sp³-hybridized carbons (Fsp3) is 0. The van der Waals surface area contributed by atoms with E-state index in [-0.39, 0.29) is 0 Å². The predicted molar refractivity (Wildman–Crippen MR) is 76.6 cm³/mol. The lowest BCUT2D eigenvalue weighted by Crippen LogP contribution is -1.88. The Bertz CT molecular complexity index is 723. The number of fused-ring (bicyclic) bond motifs is 1. The first-order valence-corrected chi connectivity index (χ1v) is 6.03. The van der Waals surface area contributed by atoms with Crippen LogP contribution in [0.5, 0.6) is 0 Å². The van der Waals surface area contributed by atoms with E-state index in [0.717, 1.165) is 22.2 Å². The highest BCUT2D eigenvalue weighted by Crippen LogP contribution is 2.27. The Morgan fingerprint density at radius 2 is 1.78 bits per heavy atom. The number of halogens is 1. The van der Waals surface area contributed by atoms with Crippen molar-refractivity contribution in [3.05, 3.63) is 59.6 Å². The van der Waals surface area contributed by atoms with Gasteiger partial charge in [0.05, 0.1) is 21.9 Å². The molecule has 88 valence electrons. The van der Waals surface area contributed by atoms with Gasteiger partial charge in [-0.05, 0) is 24.3 Å². The monoisotopic (exact) mass is 254 g/mol. The van der Waals surface area contributed by atoms with Crippen LogP contribution >= 0.6 is 11.6 Å². The van der Waals surface area contributed by atoms with Gasteiger partial charge in [0.1, 0.15) is 0 Å². The summed E-state index contributed by atoms with van der Waals surface area (Å²) >= 11 is 6.03. The number of rotatable bonds is 1. The largest absolute Gasteiger partial charge is 0.398 e. The maximum atomic E-state index is 6.03. The van der Waals surface area contributed by atoms with Gasteiger partial charge < -0.3 is 5.73 Å². The minimum Gasteiger partial charge on any atom is -0.398 e. The molecule has 2 N–H and O–H groups in total. The van der Waals surface area contributed by atoms with Crippen molar-refractivity contribution in [2.24, 2.45) is 0 Å². The van der Waals surface area contributed by atoms with E-state index in [1.54, 1.807) is 6.07 Å². The van der Waals surface area contributed by atoms with Crippen LogP contribution in [0.25, 0.3) is 22.2 Å². The van der Waals surface area contributed by atoms with Gasteiger partial charge in [-0.2, -0.15) is 0 Å². The second-order valence-electron chi connectivity index (χ2n) is 4.13. The molecule has 18 heavy (non-hydrogen) atoms. The highest BCUT2D eigenvalue weighted by atomic mass is 35.5. The lowest BCUT2D eigenvalue weighted by atomic mass is 10.1. The van der Waals surface area contributed by atoms with E-state index in [9.17, 15) is 0 Å². The third-order valence-corrected chi connectivity index (χ3v) is 3.22. The van der Waals surface area contributed by atoms with Gasteiger partial charge in [0, 0.05) is 10.9 Å². The number of benzene rings is 2. The third-order valence-electron chi connectivity index (χ3n) is 2.89. The van der Waals surface area contributed by atoms with Crippen molar-refractivity contribution in [3.63, 3.8) is 0 Å². The molecule has 3 aromatic rings. The molecule has 0 saturated carbocycles. The zero-order chi connectivity index (χ0) is 12.5. The van der Waals surface area contributed by atoms with Crippen LogP contribution in [-0.4, -0.2) is 4.98 Å². The van der Waals surface area contributed by atoms with Crippen LogP contribution in [0.1, 0.15) is 0 Å². The van der Waals surface area contributed by atoms with Crippen molar-refractivity contribution >= 4 is 28.2 Å². The number of aromatic nitrogens is 1. The molecule has 0 aliphatic rings. The summed E-state index contributed by atoms with van der Waals surface area (Å²) in [6.07, 6.45) is 0. The Morgan fingerprint density at radius 3 is 2.61 bits per heavy atom. The van der Waals surface area contributed by atoms with Gasteiger partial charge >= 0.3 is 0 Å². The number of nitrogens with zero attached hydrogens (tertiary/aromatic N) is 1. The van der Waals surface area contributed by atoms with Gasteiger partial charge in [-0.25, -0.2) is 4.98 Å². The van der Waals surface area contributed by atoms with Crippen molar-refractivity contribution in [1.29, 1.82) is 0 Å². The molecule has 0 spiro atoms. The zero-order valence-corrected chi connectivity index (χ0v) is 10.4. The molecule has 0 radical (unpaired) electrons. The standard InChI is InChI=1S/C15H11ClN2/c16-12-9-11(5-7-13(12)17)15-8-6-10-3-1-2-4-14(10)18-15/h1-9H,17H2. The lowest BCUT2D eigenvalue weighted by Gasteiger charge is -2.05. The minimum atomic E-state index is 0.558. The van der Waals surface area contributed by atoms with E-state index in [1.807, 2.05) is 42.5 Å². The Hall–Kier alpha value is -2.06. The molecule has 2 nitrogen and oxygen atoms in total. The highest BCUT2D eigenvalue weighted by Gasteiger charge is 2.03. The molecular weight excluding hydrogens is 244 g/mol. The number of hydrogen-bond donors (Lipinski definition) is 1. The molecule has 2 aromatic carbocycles.